The summed E-state index contributed by atoms with van der Waals surface area (Å²) in [6.07, 6.45) is 10.7. The first-order chi connectivity index (χ1) is 19.0. The third-order valence-electron chi connectivity index (χ3n) is 7.46. The molecule has 0 aliphatic heterocycles. The van der Waals surface area contributed by atoms with Gasteiger partial charge in [-0.3, -0.25) is 5.43 Å². The predicted molar refractivity (Wildman–Crippen MR) is 161 cm³/mol. The van der Waals surface area contributed by atoms with Gasteiger partial charge in [0.1, 0.15) is 24.0 Å². The Morgan fingerprint density at radius 1 is 1.05 bits per heavy atom. The van der Waals surface area contributed by atoms with Gasteiger partial charge in [0, 0.05) is 48.7 Å². The maximum absolute atomic E-state index is 6.13. The molecule has 0 saturated heterocycles. The van der Waals surface area contributed by atoms with E-state index in [1.807, 2.05) is 31.3 Å². The Balaban J connectivity index is 1.24. The maximum atomic E-state index is 6.13. The molecule has 0 amide bonds. The number of rotatable bonds is 10. The van der Waals surface area contributed by atoms with Crippen LogP contribution in [0.25, 0.3) is 10.9 Å². The first-order valence-electron chi connectivity index (χ1n) is 14.1. The molecule has 39 heavy (non-hydrogen) atoms. The summed E-state index contributed by atoms with van der Waals surface area (Å²) in [6, 6.07) is 19.1. The monoisotopic (exact) mass is 524 g/mol. The van der Waals surface area contributed by atoms with Crippen molar-refractivity contribution in [3.8, 4) is 5.75 Å². The average molecular weight is 525 g/mol. The van der Waals surface area contributed by atoms with Crippen molar-refractivity contribution in [3.05, 3.63) is 77.7 Å². The summed E-state index contributed by atoms with van der Waals surface area (Å²) in [5.41, 5.74) is 6.77. The lowest BCUT2D eigenvalue weighted by atomic mass is 9.84. The molecule has 1 fully saturated rings. The molecule has 0 radical (unpaired) electrons. The van der Waals surface area contributed by atoms with Crippen molar-refractivity contribution in [2.45, 2.75) is 64.3 Å². The quantitative estimate of drug-likeness (QED) is 0.176. The second-order valence-corrected chi connectivity index (χ2v) is 10.9. The first-order valence-corrected chi connectivity index (χ1v) is 14.1. The lowest BCUT2D eigenvalue weighted by molar-refractivity contribution is 0.300. The van der Waals surface area contributed by atoms with Crippen molar-refractivity contribution in [3.63, 3.8) is 0 Å². The Kier molecular flexibility index (Phi) is 8.45. The van der Waals surface area contributed by atoms with Crippen molar-refractivity contribution < 1.29 is 4.74 Å². The van der Waals surface area contributed by atoms with Crippen LogP contribution < -0.4 is 15.1 Å². The van der Waals surface area contributed by atoms with Gasteiger partial charge in [-0.25, -0.2) is 9.97 Å². The number of nitrogens with zero attached hydrogens (tertiary/aromatic N) is 5. The fourth-order valence-corrected chi connectivity index (χ4v) is 5.26. The molecule has 2 aromatic carbocycles. The molecule has 5 rings (SSSR count). The smallest absolute Gasteiger partial charge is 0.152 e. The molecule has 1 aliphatic rings. The predicted octanol–water partition coefficient (Wildman–Crippen LogP) is 7.19. The van der Waals surface area contributed by atoms with E-state index in [1.54, 1.807) is 0 Å². The van der Waals surface area contributed by atoms with Crippen molar-refractivity contribution in [2.75, 3.05) is 31.0 Å². The summed E-state index contributed by atoms with van der Waals surface area (Å²) in [6.45, 7) is 5.53. The van der Waals surface area contributed by atoms with Crippen LogP contribution in [0, 0.1) is 0 Å². The molecule has 4 aromatic rings. The van der Waals surface area contributed by atoms with Crippen LogP contribution in [-0.2, 0) is 6.54 Å². The molecule has 2 aromatic heterocycles. The molecule has 1 aliphatic carbocycles. The van der Waals surface area contributed by atoms with Gasteiger partial charge in [-0.2, -0.15) is 5.10 Å². The van der Waals surface area contributed by atoms with Crippen LogP contribution in [0.3, 0.4) is 0 Å². The molecule has 1 N–H and O–H groups in total. The van der Waals surface area contributed by atoms with E-state index < -0.39 is 0 Å². The lowest BCUT2D eigenvalue weighted by Crippen LogP contribution is -2.13. The molecule has 7 heteroatoms. The Hall–Kier alpha value is -3.87. The topological polar surface area (TPSA) is 67.6 Å². The zero-order valence-electron chi connectivity index (χ0n) is 23.6. The summed E-state index contributed by atoms with van der Waals surface area (Å²) in [5, 5.41) is 5.67. The molecule has 0 unspecified atom stereocenters. The Bertz CT molecular complexity index is 1370. The van der Waals surface area contributed by atoms with Crippen LogP contribution in [-0.4, -0.2) is 41.5 Å². The van der Waals surface area contributed by atoms with Gasteiger partial charge >= 0.3 is 0 Å². The van der Waals surface area contributed by atoms with Crippen LogP contribution in [0.2, 0.25) is 0 Å². The van der Waals surface area contributed by atoms with Gasteiger partial charge in [0.15, 0.2) is 5.82 Å². The van der Waals surface area contributed by atoms with Crippen LogP contribution in [0.5, 0.6) is 5.75 Å². The van der Waals surface area contributed by atoms with E-state index >= 15 is 0 Å². The highest BCUT2D eigenvalue weighted by Gasteiger charge is 2.15. The number of aromatic nitrogens is 3. The number of ether oxygens (including phenoxy) is 1. The zero-order chi connectivity index (χ0) is 27.2. The highest BCUT2D eigenvalue weighted by molar-refractivity contribution is 5.99. The van der Waals surface area contributed by atoms with Gasteiger partial charge in [0.25, 0.3) is 0 Å². The fourth-order valence-electron chi connectivity index (χ4n) is 5.26. The molecule has 0 bridgehead atoms. The summed E-state index contributed by atoms with van der Waals surface area (Å²) in [5.74, 6) is 4.20. The van der Waals surface area contributed by atoms with E-state index in [2.05, 4.69) is 93.6 Å². The number of hydrazone groups is 1. The number of hydrogen-bond donors (Lipinski definition) is 1. The molecule has 0 atom stereocenters. The van der Waals surface area contributed by atoms with Crippen LogP contribution in [0.1, 0.15) is 74.7 Å². The van der Waals surface area contributed by atoms with Crippen LogP contribution in [0.4, 0.5) is 11.6 Å². The number of anilines is 2. The number of hydrogen-bond acceptors (Lipinski definition) is 6. The zero-order valence-corrected chi connectivity index (χ0v) is 23.6. The molecular formula is C32H40N6O. The largest absolute Gasteiger partial charge is 0.492 e. The third-order valence-corrected chi connectivity index (χ3v) is 7.46. The molecule has 204 valence electrons. The molecule has 1 saturated carbocycles. The fraction of sp³-hybridized carbons (Fsp3) is 0.406. The number of fused-ring (bicyclic) bond motifs is 1. The van der Waals surface area contributed by atoms with E-state index in [-0.39, 0.29) is 5.92 Å². The summed E-state index contributed by atoms with van der Waals surface area (Å²) < 4.78 is 8.36. The van der Waals surface area contributed by atoms with Gasteiger partial charge in [-0.1, -0.05) is 63.4 Å². The third kappa shape index (κ3) is 6.59. The summed E-state index contributed by atoms with van der Waals surface area (Å²) in [7, 11) is 3.95. The Morgan fingerprint density at radius 2 is 1.82 bits per heavy atom. The number of benzene rings is 2. The minimum absolute atomic E-state index is 0.226. The van der Waals surface area contributed by atoms with Crippen molar-refractivity contribution >= 4 is 28.8 Å². The summed E-state index contributed by atoms with van der Waals surface area (Å²) in [4.78, 5) is 11.2. The van der Waals surface area contributed by atoms with Gasteiger partial charge < -0.3 is 14.2 Å². The highest BCUT2D eigenvalue weighted by atomic mass is 16.5. The van der Waals surface area contributed by atoms with E-state index in [9.17, 15) is 0 Å². The van der Waals surface area contributed by atoms with Gasteiger partial charge in [-0.15, -0.1) is 0 Å². The van der Waals surface area contributed by atoms with Gasteiger partial charge in [0.2, 0.25) is 0 Å². The molecule has 2 heterocycles. The minimum atomic E-state index is 0.226. The lowest BCUT2D eigenvalue weighted by Gasteiger charge is -2.22. The second-order valence-electron chi connectivity index (χ2n) is 10.9. The molecule has 0 spiro atoms. The summed E-state index contributed by atoms with van der Waals surface area (Å²) >= 11 is 0. The van der Waals surface area contributed by atoms with Crippen molar-refractivity contribution in [2.24, 2.45) is 5.10 Å². The molecular weight excluding hydrogens is 484 g/mol. The van der Waals surface area contributed by atoms with E-state index in [0.29, 0.717) is 12.4 Å². The van der Waals surface area contributed by atoms with Crippen LogP contribution in [0.15, 0.2) is 65.9 Å². The standard InChI is InChI=1S/C32H40N6O/c1-23(2)32-34-30(20-31(35-32)37(3)4)36-33-21-26-22-38(29-13-9-8-12-28(26)29)18-19-39-27-16-14-25(15-17-27)24-10-6-5-7-11-24/h8-9,12-17,20-24H,5-7,10-11,18-19H2,1-4H3,(H,34,35,36)/b33-21-. The Morgan fingerprint density at radius 3 is 2.56 bits per heavy atom. The van der Waals surface area contributed by atoms with E-state index in [1.165, 1.54) is 37.7 Å². The van der Waals surface area contributed by atoms with Crippen molar-refractivity contribution in [1.82, 2.24) is 14.5 Å². The Labute approximate surface area is 231 Å². The molecule has 7 nitrogen and oxygen atoms in total. The average Bonchev–Trinajstić information content (AvgIpc) is 3.31. The normalized spacial score (nSPS) is 14.4. The maximum Gasteiger partial charge on any atom is 0.152 e. The van der Waals surface area contributed by atoms with E-state index in [4.69, 9.17) is 4.74 Å². The second kappa shape index (κ2) is 12.3. The van der Waals surface area contributed by atoms with Crippen LogP contribution >= 0.6 is 0 Å². The van der Waals surface area contributed by atoms with Gasteiger partial charge in [0.05, 0.1) is 12.8 Å². The van der Waals surface area contributed by atoms with Crippen molar-refractivity contribution in [1.29, 1.82) is 0 Å². The first kappa shape index (κ1) is 26.7. The highest BCUT2D eigenvalue weighted by Crippen LogP contribution is 2.33. The SMILES string of the molecule is CC(C)c1nc(N/N=C\c2cn(CCOc3ccc(C4CCCCC4)cc3)c3ccccc23)cc(N(C)C)n1. The van der Waals surface area contributed by atoms with Gasteiger partial charge in [-0.05, 0) is 42.5 Å². The minimum Gasteiger partial charge on any atom is -0.492 e. The van der Waals surface area contributed by atoms with E-state index in [0.717, 1.165) is 46.3 Å². The number of para-hydroxylation sites is 1. The number of nitrogens with one attached hydrogen (secondary N) is 1.